The van der Waals surface area contributed by atoms with Crippen molar-refractivity contribution in [1.82, 2.24) is 20.0 Å². The van der Waals surface area contributed by atoms with Gasteiger partial charge in [-0.3, -0.25) is 9.59 Å². The van der Waals surface area contributed by atoms with Gasteiger partial charge in [-0.15, -0.1) is 16.4 Å². The van der Waals surface area contributed by atoms with Gasteiger partial charge in [-0.05, 0) is 54.8 Å². The molecule has 246 valence electrons. The number of carboxylic acids is 1. The number of carbonyl (C=O) groups excluding carboxylic acids is 1. The lowest BCUT2D eigenvalue weighted by Gasteiger charge is -2.19. The molecule has 5 rings (SSSR count). The van der Waals surface area contributed by atoms with Gasteiger partial charge in [-0.2, -0.15) is 0 Å². The van der Waals surface area contributed by atoms with Crippen molar-refractivity contribution in [2.75, 3.05) is 13.3 Å². The summed E-state index contributed by atoms with van der Waals surface area (Å²) in [5, 5.41) is 23.5. The lowest BCUT2D eigenvalue weighted by molar-refractivity contribution is -0.144. The minimum Gasteiger partial charge on any atom is -0.491 e. The van der Waals surface area contributed by atoms with E-state index < -0.39 is 34.6 Å². The SMILES string of the molecule is Cc1ccc(C[C@@H](CC(=O)[C@H](Cc2ccc(OCCF)cc2)n2cc(COc3ccc4nc(S(N)(=O)=O)sc4c3)nn2)C(=O)O)cc1. The van der Waals surface area contributed by atoms with Gasteiger partial charge in [0.05, 0.1) is 22.3 Å². The van der Waals surface area contributed by atoms with Crippen molar-refractivity contribution in [3.05, 3.63) is 95.3 Å². The highest BCUT2D eigenvalue weighted by Crippen LogP contribution is 2.29. The number of hydrogen-bond donors (Lipinski definition) is 2. The fraction of sp³-hybridized carbons (Fsp3) is 0.281. The topological polar surface area (TPSA) is 177 Å². The second-order valence-electron chi connectivity index (χ2n) is 10.9. The number of aryl methyl sites for hydroxylation is 1. The average molecular weight is 682 g/mol. The van der Waals surface area contributed by atoms with Gasteiger partial charge in [0.1, 0.15) is 43.1 Å². The van der Waals surface area contributed by atoms with Crippen LogP contribution in [0, 0.1) is 12.8 Å². The van der Waals surface area contributed by atoms with E-state index in [1.54, 1.807) is 48.7 Å². The second-order valence-corrected chi connectivity index (χ2v) is 13.7. The van der Waals surface area contributed by atoms with Gasteiger partial charge in [0, 0.05) is 12.8 Å². The van der Waals surface area contributed by atoms with Crippen LogP contribution in [-0.2, 0) is 39.1 Å². The molecule has 2 aromatic heterocycles. The number of sulfonamides is 1. The van der Waals surface area contributed by atoms with Gasteiger partial charge in [-0.25, -0.2) is 27.6 Å². The monoisotopic (exact) mass is 681 g/mol. The lowest BCUT2D eigenvalue weighted by Crippen LogP contribution is -2.28. The van der Waals surface area contributed by atoms with Gasteiger partial charge in [0.25, 0.3) is 10.0 Å². The molecule has 0 fully saturated rings. The molecule has 47 heavy (non-hydrogen) atoms. The van der Waals surface area contributed by atoms with Crippen LogP contribution in [0.5, 0.6) is 11.5 Å². The first-order chi connectivity index (χ1) is 22.5. The standard InChI is InChI=1S/C32H32FN5O7S2/c1-20-2-4-21(5-3-20)14-23(31(40)41)16-29(39)28(15-22-6-8-25(9-7-22)44-13-12-33)38-18-24(36-37-38)19-45-26-10-11-27-30(17-26)46-32(35-27)47(34,42)43/h2-11,17-18,23,28H,12-16,19H2,1H3,(H,40,41)(H2,34,42,43)/t23-,28-/m0/s1. The number of aliphatic carboxylic acids is 1. The van der Waals surface area contributed by atoms with E-state index in [0.717, 1.165) is 28.0 Å². The molecule has 0 unspecified atom stereocenters. The highest BCUT2D eigenvalue weighted by atomic mass is 32.2. The fourth-order valence-corrected chi connectivity index (χ4v) is 6.56. The Bertz CT molecular complexity index is 1960. The number of carbonyl (C=O) groups is 2. The van der Waals surface area contributed by atoms with E-state index in [-0.39, 0.29) is 42.6 Å². The average Bonchev–Trinajstić information content (AvgIpc) is 3.70. The van der Waals surface area contributed by atoms with Gasteiger partial charge in [0.15, 0.2) is 5.78 Å². The normalized spacial score (nSPS) is 12.9. The predicted molar refractivity (Wildman–Crippen MR) is 172 cm³/mol. The minimum atomic E-state index is -3.94. The van der Waals surface area contributed by atoms with Crippen molar-refractivity contribution >= 4 is 43.3 Å². The first-order valence-electron chi connectivity index (χ1n) is 14.5. The molecule has 5 aromatic rings. The van der Waals surface area contributed by atoms with E-state index in [1.165, 1.54) is 4.68 Å². The van der Waals surface area contributed by atoms with Crippen molar-refractivity contribution in [2.45, 2.75) is 43.2 Å². The Balaban J connectivity index is 1.34. The number of nitrogens with zero attached hydrogens (tertiary/aromatic N) is 4. The minimum absolute atomic E-state index is 0.0148. The molecule has 0 amide bonds. The number of benzene rings is 3. The van der Waals surface area contributed by atoms with Crippen LogP contribution in [0.2, 0.25) is 0 Å². The Morgan fingerprint density at radius 3 is 2.36 bits per heavy atom. The van der Waals surface area contributed by atoms with Gasteiger partial charge >= 0.3 is 5.97 Å². The van der Waals surface area contributed by atoms with Crippen LogP contribution in [-0.4, -0.2) is 58.5 Å². The second kappa shape index (κ2) is 14.8. The van der Waals surface area contributed by atoms with Crippen molar-refractivity contribution in [3.63, 3.8) is 0 Å². The maximum Gasteiger partial charge on any atom is 0.307 e. The summed E-state index contributed by atoms with van der Waals surface area (Å²) in [4.78, 5) is 30.0. The summed E-state index contributed by atoms with van der Waals surface area (Å²) in [7, 11) is -3.94. The van der Waals surface area contributed by atoms with Crippen molar-refractivity contribution < 1.29 is 37.0 Å². The van der Waals surface area contributed by atoms with Gasteiger partial charge in [0.2, 0.25) is 4.34 Å². The highest BCUT2D eigenvalue weighted by molar-refractivity contribution is 7.91. The molecule has 0 bridgehead atoms. The molecule has 0 saturated carbocycles. The zero-order chi connectivity index (χ0) is 33.6. The molecule has 0 aliphatic carbocycles. The number of thiazole rings is 1. The van der Waals surface area contributed by atoms with Crippen LogP contribution in [0.4, 0.5) is 4.39 Å². The third kappa shape index (κ3) is 8.96. The van der Waals surface area contributed by atoms with E-state index in [2.05, 4.69) is 15.3 Å². The predicted octanol–water partition coefficient (Wildman–Crippen LogP) is 4.46. The Kier molecular flexibility index (Phi) is 10.6. The molecule has 2 heterocycles. The number of aromatic nitrogens is 4. The van der Waals surface area contributed by atoms with Crippen LogP contribution in [0.3, 0.4) is 0 Å². The highest BCUT2D eigenvalue weighted by Gasteiger charge is 2.29. The maximum absolute atomic E-state index is 13.8. The first-order valence-corrected chi connectivity index (χ1v) is 16.9. The number of Topliss-reactive ketones (excluding diaryl/α,β-unsaturated/α-hetero) is 1. The number of nitrogens with two attached hydrogens (primary N) is 1. The lowest BCUT2D eigenvalue weighted by atomic mass is 9.90. The smallest absolute Gasteiger partial charge is 0.307 e. The molecule has 12 nitrogen and oxygen atoms in total. The number of ketones is 1. The largest absolute Gasteiger partial charge is 0.491 e. The Labute approximate surface area is 274 Å². The van der Waals surface area contributed by atoms with Gasteiger partial charge < -0.3 is 14.6 Å². The summed E-state index contributed by atoms with van der Waals surface area (Å²) < 4.78 is 48.8. The molecular formula is C32H32FN5O7S2. The zero-order valence-electron chi connectivity index (χ0n) is 25.3. The molecule has 3 N–H and O–H groups in total. The Hall–Kier alpha value is -4.73. The van der Waals surface area contributed by atoms with Gasteiger partial charge in [-0.1, -0.05) is 47.2 Å². The molecule has 0 aliphatic heterocycles. The Morgan fingerprint density at radius 1 is 1.00 bits per heavy atom. The number of ether oxygens (including phenoxy) is 2. The number of fused-ring (bicyclic) bond motifs is 1. The number of alkyl halides is 1. The third-order valence-electron chi connectivity index (χ3n) is 7.32. The summed E-state index contributed by atoms with van der Waals surface area (Å²) >= 11 is 0.924. The molecule has 0 radical (unpaired) electrons. The van der Waals surface area contributed by atoms with Crippen LogP contribution < -0.4 is 14.6 Å². The summed E-state index contributed by atoms with van der Waals surface area (Å²) in [6, 6.07) is 18.4. The number of carboxylic acid groups (broad SMARTS) is 1. The number of primary sulfonamides is 1. The quantitative estimate of drug-likeness (QED) is 0.151. The fourth-order valence-electron chi connectivity index (χ4n) is 4.88. The van der Waals surface area contributed by atoms with Crippen molar-refractivity contribution in [1.29, 1.82) is 0 Å². The zero-order valence-corrected chi connectivity index (χ0v) is 26.9. The molecule has 3 aromatic carbocycles. The number of halogens is 1. The van der Waals surface area contributed by atoms with Crippen molar-refractivity contribution in [3.8, 4) is 11.5 Å². The van der Waals surface area contributed by atoms with E-state index in [9.17, 15) is 27.5 Å². The summed E-state index contributed by atoms with van der Waals surface area (Å²) in [5.41, 5.74) is 3.48. The molecular weight excluding hydrogens is 650 g/mol. The van der Waals surface area contributed by atoms with E-state index >= 15 is 0 Å². The van der Waals surface area contributed by atoms with Crippen LogP contribution in [0.15, 0.2) is 77.3 Å². The van der Waals surface area contributed by atoms with Crippen molar-refractivity contribution in [2.24, 2.45) is 11.1 Å². The van der Waals surface area contributed by atoms with Crippen LogP contribution >= 0.6 is 11.3 Å². The van der Waals surface area contributed by atoms with E-state index in [1.807, 2.05) is 31.2 Å². The summed E-state index contributed by atoms with van der Waals surface area (Å²) in [6.45, 7) is 1.23. The number of rotatable bonds is 16. The summed E-state index contributed by atoms with van der Waals surface area (Å²) in [6.07, 6.45) is 1.72. The number of hydrogen-bond acceptors (Lipinski definition) is 10. The summed E-state index contributed by atoms with van der Waals surface area (Å²) in [5.74, 6) is -1.45. The molecule has 0 aliphatic rings. The third-order valence-corrected chi connectivity index (χ3v) is 9.65. The molecule has 15 heteroatoms. The first kappa shape index (κ1) is 33.6. The molecule has 0 saturated heterocycles. The Morgan fingerprint density at radius 2 is 1.68 bits per heavy atom. The molecule has 2 atom stereocenters. The molecule has 0 spiro atoms. The van der Waals surface area contributed by atoms with E-state index in [4.69, 9.17) is 14.6 Å². The van der Waals surface area contributed by atoms with Crippen LogP contribution in [0.1, 0.15) is 34.8 Å². The maximum atomic E-state index is 13.8. The van der Waals surface area contributed by atoms with E-state index in [0.29, 0.717) is 27.4 Å². The van der Waals surface area contributed by atoms with Crippen LogP contribution in [0.25, 0.3) is 10.2 Å².